The molecule has 8 nitrogen and oxygen atoms in total. The van der Waals surface area contributed by atoms with Crippen LogP contribution in [0.25, 0.3) is 0 Å². The molecule has 1 saturated heterocycles. The molecule has 1 aliphatic rings. The molecule has 1 N–H and O–H groups in total. The van der Waals surface area contributed by atoms with Gasteiger partial charge in [-0.2, -0.15) is 0 Å². The van der Waals surface area contributed by atoms with Crippen LogP contribution in [0.3, 0.4) is 0 Å². The molecule has 1 fully saturated rings. The summed E-state index contributed by atoms with van der Waals surface area (Å²) in [5.41, 5.74) is -2.42. The minimum Gasteiger partial charge on any atom is -0.467 e. The molecular formula is C43H58O8Si2. The lowest BCUT2D eigenvalue weighted by molar-refractivity contribution is -0.191. The fourth-order valence-electron chi connectivity index (χ4n) is 7.65. The van der Waals surface area contributed by atoms with Crippen LogP contribution in [0.2, 0.25) is 24.7 Å². The van der Waals surface area contributed by atoms with Crippen molar-refractivity contribution in [2.24, 2.45) is 5.92 Å². The fraction of sp³-hybridized carbons (Fsp3) is 0.465. The Kier molecular flexibility index (Phi) is 13.7. The zero-order valence-corrected chi connectivity index (χ0v) is 34.9. The molecule has 1 aliphatic heterocycles. The predicted octanol–water partition coefficient (Wildman–Crippen LogP) is 6.94. The third kappa shape index (κ3) is 9.35. The van der Waals surface area contributed by atoms with Crippen LogP contribution >= 0.6 is 0 Å². The van der Waals surface area contributed by atoms with E-state index in [0.717, 1.165) is 22.4 Å². The zero-order chi connectivity index (χ0) is 39.1. The number of hydrogen-bond donors (Lipinski definition) is 1. The first kappa shape index (κ1) is 42.1. The zero-order valence-electron chi connectivity index (χ0n) is 32.9. The molecule has 53 heavy (non-hydrogen) atoms. The first-order chi connectivity index (χ1) is 24.9. The van der Waals surface area contributed by atoms with E-state index in [4.69, 9.17) is 18.3 Å². The van der Waals surface area contributed by atoms with Crippen LogP contribution in [0, 0.1) is 5.92 Å². The number of esters is 2. The summed E-state index contributed by atoms with van der Waals surface area (Å²) in [6.07, 6.45) is 1.97. The van der Waals surface area contributed by atoms with Crippen molar-refractivity contribution in [2.45, 2.75) is 109 Å². The SMILES string of the molecule is COC(=O)[C@]1(O[Si](C)(C)C)[C@@H](CO[Si](c2ccccc2)(c2ccccc2)C(C)(C)C)OC(=O)[C@@]1(O)CCC(=O)CC/C(C)=C/[C@H](C)Cc1ccccc1. The van der Waals surface area contributed by atoms with Crippen molar-refractivity contribution in [1.29, 1.82) is 0 Å². The molecule has 1 heterocycles. The smallest absolute Gasteiger partial charge is 0.344 e. The minimum atomic E-state index is -3.17. The summed E-state index contributed by atoms with van der Waals surface area (Å²) in [5.74, 6) is -1.82. The fourth-order valence-corrected chi connectivity index (χ4v) is 13.6. The number of carbonyl (C=O) groups excluding carboxylic acids is 3. The number of Topliss-reactive ketones (excluding diaryl/α,β-unsaturated/α-hetero) is 1. The van der Waals surface area contributed by atoms with E-state index >= 15 is 0 Å². The van der Waals surface area contributed by atoms with Gasteiger partial charge in [0.1, 0.15) is 5.78 Å². The van der Waals surface area contributed by atoms with Gasteiger partial charge in [-0.15, -0.1) is 0 Å². The summed E-state index contributed by atoms with van der Waals surface area (Å²) in [4.78, 5) is 41.4. The number of aliphatic hydroxyl groups is 1. The van der Waals surface area contributed by atoms with E-state index in [1.807, 2.05) is 105 Å². The van der Waals surface area contributed by atoms with Gasteiger partial charge in [-0.25, -0.2) is 9.59 Å². The first-order valence-corrected chi connectivity index (χ1v) is 23.9. The van der Waals surface area contributed by atoms with Gasteiger partial charge in [-0.05, 0) is 72.7 Å². The van der Waals surface area contributed by atoms with Crippen LogP contribution in [0.4, 0.5) is 0 Å². The highest BCUT2D eigenvalue weighted by molar-refractivity contribution is 6.99. The number of cyclic esters (lactones) is 1. The molecular weight excluding hydrogens is 701 g/mol. The standard InChI is InChI=1S/C43H58O8Si2/c1-32(29-33(2)30-34-19-13-10-14-20-34)25-26-35(44)27-28-42(47)39(45)50-38(43(42,40(46)48-6)51-52(7,8)9)31-49-53(41(3,4)5,36-21-15-11-16-22-36)37-23-17-12-18-24-37/h10-24,29,33,38,47H,25-28,30-31H2,1-9H3/b32-29+/t33-,38+,42-,43+/m0/s1. The number of allylic oxidation sites excluding steroid dienone is 2. The Hall–Kier alpha value is -3.68. The molecule has 0 aliphatic carbocycles. The quantitative estimate of drug-likeness (QED) is 0.0897. The number of ketones is 1. The Labute approximate surface area is 318 Å². The summed E-state index contributed by atoms with van der Waals surface area (Å²) in [5, 5.41) is 14.0. The average Bonchev–Trinajstić information content (AvgIpc) is 3.31. The summed E-state index contributed by atoms with van der Waals surface area (Å²) in [6.45, 7) is 15.9. The van der Waals surface area contributed by atoms with Crippen molar-refractivity contribution in [3.63, 3.8) is 0 Å². The van der Waals surface area contributed by atoms with Crippen molar-refractivity contribution >= 4 is 44.7 Å². The second-order valence-electron chi connectivity index (χ2n) is 16.4. The van der Waals surface area contributed by atoms with Crippen LogP contribution in [-0.4, -0.2) is 70.5 Å². The van der Waals surface area contributed by atoms with Gasteiger partial charge in [0.25, 0.3) is 8.32 Å². The third-order valence-electron chi connectivity index (χ3n) is 10.0. The van der Waals surface area contributed by atoms with E-state index in [0.29, 0.717) is 12.3 Å². The van der Waals surface area contributed by atoms with Crippen molar-refractivity contribution in [2.75, 3.05) is 13.7 Å². The van der Waals surface area contributed by atoms with Gasteiger partial charge in [0.15, 0.2) is 14.4 Å². The van der Waals surface area contributed by atoms with E-state index in [1.54, 1.807) is 0 Å². The van der Waals surface area contributed by atoms with Crippen LogP contribution in [0.15, 0.2) is 103 Å². The summed E-state index contributed by atoms with van der Waals surface area (Å²) in [6, 6.07) is 30.2. The first-order valence-electron chi connectivity index (χ1n) is 18.6. The number of rotatable bonds is 17. The molecule has 0 amide bonds. The van der Waals surface area contributed by atoms with Gasteiger partial charge in [0, 0.05) is 12.8 Å². The van der Waals surface area contributed by atoms with Crippen LogP contribution < -0.4 is 10.4 Å². The minimum absolute atomic E-state index is 0.145. The van der Waals surface area contributed by atoms with Gasteiger partial charge in [0.05, 0.1) is 13.7 Å². The molecule has 10 heteroatoms. The molecule has 0 unspecified atom stereocenters. The van der Waals surface area contributed by atoms with Crippen molar-refractivity contribution in [1.82, 2.24) is 0 Å². The Morgan fingerprint density at radius 1 is 0.887 bits per heavy atom. The van der Waals surface area contributed by atoms with Gasteiger partial charge >= 0.3 is 11.9 Å². The molecule has 0 saturated carbocycles. The monoisotopic (exact) mass is 758 g/mol. The Bertz CT molecular complexity index is 1680. The average molecular weight is 759 g/mol. The van der Waals surface area contributed by atoms with Gasteiger partial charge in [-0.3, -0.25) is 4.79 Å². The Balaban J connectivity index is 1.63. The molecule has 4 rings (SSSR count). The molecule has 286 valence electrons. The summed E-state index contributed by atoms with van der Waals surface area (Å²) in [7, 11) is -4.71. The molecule has 3 aromatic carbocycles. The second kappa shape index (κ2) is 17.2. The van der Waals surface area contributed by atoms with Gasteiger partial charge in [0.2, 0.25) is 11.2 Å². The second-order valence-corrected chi connectivity index (χ2v) is 25.1. The molecule has 0 bridgehead atoms. The molecule has 0 radical (unpaired) electrons. The summed E-state index contributed by atoms with van der Waals surface area (Å²) < 4.78 is 25.0. The van der Waals surface area contributed by atoms with E-state index in [1.165, 1.54) is 12.7 Å². The lowest BCUT2D eigenvalue weighted by atomic mass is 9.77. The number of methoxy groups -OCH3 is 1. The predicted molar refractivity (Wildman–Crippen MR) is 214 cm³/mol. The van der Waals surface area contributed by atoms with E-state index in [9.17, 15) is 19.5 Å². The molecule has 0 spiro atoms. The highest BCUT2D eigenvalue weighted by atomic mass is 28.4. The molecule has 0 aromatic heterocycles. The lowest BCUT2D eigenvalue weighted by Crippen LogP contribution is -2.70. The Morgan fingerprint density at radius 3 is 1.91 bits per heavy atom. The highest BCUT2D eigenvalue weighted by Gasteiger charge is 2.74. The van der Waals surface area contributed by atoms with E-state index < -0.39 is 50.9 Å². The third-order valence-corrected chi connectivity index (χ3v) is 16.0. The Morgan fingerprint density at radius 2 is 1.42 bits per heavy atom. The maximum atomic E-state index is 14.1. The molecule has 4 atom stereocenters. The number of ether oxygens (including phenoxy) is 2. The number of benzene rings is 3. The van der Waals surface area contributed by atoms with E-state index in [-0.39, 0.29) is 31.7 Å². The van der Waals surface area contributed by atoms with Gasteiger partial charge in [-0.1, -0.05) is 130 Å². The maximum Gasteiger partial charge on any atom is 0.344 e. The highest BCUT2D eigenvalue weighted by Crippen LogP contribution is 2.46. The number of hydrogen-bond acceptors (Lipinski definition) is 8. The number of carbonyl (C=O) groups is 3. The van der Waals surface area contributed by atoms with Crippen molar-refractivity contribution in [3.05, 3.63) is 108 Å². The van der Waals surface area contributed by atoms with Crippen LogP contribution in [0.1, 0.15) is 65.9 Å². The van der Waals surface area contributed by atoms with Crippen LogP contribution in [-0.2, 0) is 39.1 Å². The topological polar surface area (TPSA) is 108 Å². The lowest BCUT2D eigenvalue weighted by Gasteiger charge is -2.45. The largest absolute Gasteiger partial charge is 0.467 e. The molecule has 3 aromatic rings. The van der Waals surface area contributed by atoms with Crippen molar-refractivity contribution < 1.29 is 37.8 Å². The normalized spacial score (nSPS) is 21.6. The summed E-state index contributed by atoms with van der Waals surface area (Å²) >= 11 is 0. The van der Waals surface area contributed by atoms with Crippen molar-refractivity contribution in [3.8, 4) is 0 Å². The van der Waals surface area contributed by atoms with E-state index in [2.05, 4.69) is 45.9 Å². The maximum absolute atomic E-state index is 14.1. The van der Waals surface area contributed by atoms with Crippen LogP contribution in [0.5, 0.6) is 0 Å². The van der Waals surface area contributed by atoms with Gasteiger partial charge < -0.3 is 23.4 Å².